The molecule has 4 nitrogen and oxygen atoms in total. The van der Waals surface area contributed by atoms with E-state index in [9.17, 15) is 4.39 Å². The van der Waals surface area contributed by atoms with Gasteiger partial charge in [-0.05, 0) is 49.1 Å². The number of aromatic nitrogens is 1. The molecule has 0 spiro atoms. The fourth-order valence-corrected chi connectivity index (χ4v) is 2.12. The van der Waals surface area contributed by atoms with Crippen molar-refractivity contribution in [3.8, 4) is 0 Å². The summed E-state index contributed by atoms with van der Waals surface area (Å²) in [6.07, 6.45) is 4.50. The number of pyridine rings is 1. The van der Waals surface area contributed by atoms with Crippen molar-refractivity contribution in [2.75, 3.05) is 13.1 Å². The van der Waals surface area contributed by atoms with Crippen molar-refractivity contribution in [1.82, 2.24) is 15.6 Å². The highest BCUT2D eigenvalue weighted by Crippen LogP contribution is 2.09. The van der Waals surface area contributed by atoms with Gasteiger partial charge in [-0.25, -0.2) is 9.38 Å². The van der Waals surface area contributed by atoms with E-state index in [1.165, 1.54) is 11.6 Å². The van der Waals surface area contributed by atoms with Crippen LogP contribution in [0.3, 0.4) is 0 Å². The van der Waals surface area contributed by atoms with Crippen molar-refractivity contribution in [2.45, 2.75) is 26.8 Å². The maximum Gasteiger partial charge on any atom is 0.191 e. The number of benzene rings is 1. The van der Waals surface area contributed by atoms with E-state index in [4.69, 9.17) is 0 Å². The van der Waals surface area contributed by atoms with Crippen LogP contribution in [0, 0.1) is 12.7 Å². The number of nitrogens with zero attached hydrogens (tertiary/aromatic N) is 2. The molecule has 0 radical (unpaired) electrons. The Morgan fingerprint density at radius 1 is 1.21 bits per heavy atom. The predicted molar refractivity (Wildman–Crippen MR) is 107 cm³/mol. The van der Waals surface area contributed by atoms with Crippen LogP contribution in [0.1, 0.15) is 23.6 Å². The molecule has 24 heavy (non-hydrogen) atoms. The van der Waals surface area contributed by atoms with Gasteiger partial charge in [-0.3, -0.25) is 4.98 Å². The minimum absolute atomic E-state index is 0. The van der Waals surface area contributed by atoms with Crippen molar-refractivity contribution in [1.29, 1.82) is 0 Å². The van der Waals surface area contributed by atoms with Crippen LogP contribution in [0.4, 0.5) is 4.39 Å². The molecule has 0 atom stereocenters. The molecule has 0 saturated heterocycles. The first-order valence-electron chi connectivity index (χ1n) is 7.85. The summed E-state index contributed by atoms with van der Waals surface area (Å²) < 4.78 is 13.6. The monoisotopic (exact) mass is 442 g/mol. The van der Waals surface area contributed by atoms with Crippen molar-refractivity contribution in [3.63, 3.8) is 0 Å². The number of hydrogen-bond donors (Lipinski definition) is 2. The Morgan fingerprint density at radius 3 is 2.71 bits per heavy atom. The summed E-state index contributed by atoms with van der Waals surface area (Å²) in [7, 11) is 0. The predicted octanol–water partition coefficient (Wildman–Crippen LogP) is 3.44. The minimum Gasteiger partial charge on any atom is -0.357 e. The number of guanidine groups is 1. The smallest absolute Gasteiger partial charge is 0.191 e. The number of aliphatic imine (C=N–C) groups is 1. The van der Waals surface area contributed by atoms with E-state index < -0.39 is 0 Å². The lowest BCUT2D eigenvalue weighted by Crippen LogP contribution is -2.38. The molecule has 2 N–H and O–H groups in total. The van der Waals surface area contributed by atoms with Gasteiger partial charge < -0.3 is 10.6 Å². The molecule has 1 aromatic heterocycles. The molecule has 0 aliphatic carbocycles. The molecule has 2 aromatic rings. The van der Waals surface area contributed by atoms with Crippen LogP contribution in [-0.2, 0) is 13.0 Å². The van der Waals surface area contributed by atoms with Crippen molar-refractivity contribution in [3.05, 3.63) is 65.2 Å². The standard InChI is InChI=1S/C18H23FN4.HI/c1-3-21-18(22-10-8-15-5-4-9-20-12-15)23-13-16-7-6-14(2)17(19)11-16;/h4-7,9,11-12H,3,8,10,13H2,1-2H3,(H2,21,22,23);1H. The van der Waals surface area contributed by atoms with Crippen LogP contribution < -0.4 is 10.6 Å². The van der Waals surface area contributed by atoms with Crippen LogP contribution in [0.5, 0.6) is 0 Å². The first-order chi connectivity index (χ1) is 11.2. The fraction of sp³-hybridized carbons (Fsp3) is 0.333. The maximum absolute atomic E-state index is 13.6. The van der Waals surface area contributed by atoms with Gasteiger partial charge in [-0.2, -0.15) is 0 Å². The Morgan fingerprint density at radius 2 is 2.04 bits per heavy atom. The highest BCUT2D eigenvalue weighted by molar-refractivity contribution is 14.0. The maximum atomic E-state index is 13.6. The SMILES string of the molecule is CCNC(=NCc1ccc(C)c(F)c1)NCCc1cccnc1.I. The van der Waals surface area contributed by atoms with Gasteiger partial charge in [0, 0.05) is 25.5 Å². The van der Waals surface area contributed by atoms with Gasteiger partial charge in [0.2, 0.25) is 0 Å². The Kier molecular flexibility index (Phi) is 9.29. The molecule has 130 valence electrons. The number of nitrogens with one attached hydrogen (secondary N) is 2. The molecule has 0 saturated carbocycles. The number of rotatable bonds is 6. The number of hydrogen-bond acceptors (Lipinski definition) is 2. The summed E-state index contributed by atoms with van der Waals surface area (Å²) in [4.78, 5) is 8.60. The molecule has 0 amide bonds. The molecular weight excluding hydrogens is 418 g/mol. The van der Waals surface area contributed by atoms with Gasteiger partial charge >= 0.3 is 0 Å². The molecule has 1 aromatic carbocycles. The lowest BCUT2D eigenvalue weighted by atomic mass is 10.1. The van der Waals surface area contributed by atoms with Gasteiger partial charge in [0.05, 0.1) is 6.54 Å². The van der Waals surface area contributed by atoms with E-state index in [1.54, 1.807) is 19.2 Å². The van der Waals surface area contributed by atoms with E-state index in [2.05, 4.69) is 20.6 Å². The van der Waals surface area contributed by atoms with Crippen LogP contribution >= 0.6 is 24.0 Å². The molecular formula is C18H24FIN4. The Balaban J connectivity index is 0.00000288. The van der Waals surface area contributed by atoms with E-state index >= 15 is 0 Å². The Hall–Kier alpha value is -1.70. The minimum atomic E-state index is -0.188. The molecule has 1 heterocycles. The van der Waals surface area contributed by atoms with Crippen LogP contribution in [0.2, 0.25) is 0 Å². The molecule has 0 aliphatic rings. The third-order valence-corrected chi connectivity index (χ3v) is 3.43. The summed E-state index contributed by atoms with van der Waals surface area (Å²) in [5.74, 6) is 0.546. The molecule has 6 heteroatoms. The topological polar surface area (TPSA) is 49.3 Å². The highest BCUT2D eigenvalue weighted by Gasteiger charge is 2.01. The van der Waals surface area contributed by atoms with E-state index in [1.807, 2.05) is 31.3 Å². The van der Waals surface area contributed by atoms with E-state index in [0.29, 0.717) is 12.1 Å². The summed E-state index contributed by atoms with van der Waals surface area (Å²) in [6, 6.07) is 9.20. The number of aryl methyl sites for hydroxylation is 1. The summed E-state index contributed by atoms with van der Waals surface area (Å²) in [5, 5.41) is 6.48. The largest absolute Gasteiger partial charge is 0.357 e. The van der Waals surface area contributed by atoms with Crippen molar-refractivity contribution < 1.29 is 4.39 Å². The third kappa shape index (κ3) is 6.82. The fourth-order valence-electron chi connectivity index (χ4n) is 2.12. The van der Waals surface area contributed by atoms with E-state index in [-0.39, 0.29) is 29.8 Å². The zero-order valence-electron chi connectivity index (χ0n) is 14.1. The summed E-state index contributed by atoms with van der Waals surface area (Å²) >= 11 is 0. The van der Waals surface area contributed by atoms with Gasteiger partial charge in [-0.15, -0.1) is 24.0 Å². The normalized spacial score (nSPS) is 10.9. The molecule has 2 rings (SSSR count). The van der Waals surface area contributed by atoms with Crippen LogP contribution in [0.15, 0.2) is 47.7 Å². The molecule has 0 aliphatic heterocycles. The average molecular weight is 442 g/mol. The Bertz CT molecular complexity index is 647. The third-order valence-electron chi connectivity index (χ3n) is 3.43. The second-order valence-electron chi connectivity index (χ2n) is 5.32. The molecule has 0 bridgehead atoms. The molecule has 0 unspecified atom stereocenters. The zero-order valence-corrected chi connectivity index (χ0v) is 16.4. The second-order valence-corrected chi connectivity index (χ2v) is 5.32. The van der Waals surface area contributed by atoms with Crippen molar-refractivity contribution in [2.24, 2.45) is 4.99 Å². The highest BCUT2D eigenvalue weighted by atomic mass is 127. The second kappa shape index (κ2) is 11.0. The van der Waals surface area contributed by atoms with Gasteiger partial charge in [-0.1, -0.05) is 18.2 Å². The van der Waals surface area contributed by atoms with Gasteiger partial charge in [0.1, 0.15) is 5.82 Å². The quantitative estimate of drug-likeness (QED) is 0.410. The summed E-state index contributed by atoms with van der Waals surface area (Å²) in [5.41, 5.74) is 2.69. The van der Waals surface area contributed by atoms with Crippen LogP contribution in [-0.4, -0.2) is 24.0 Å². The first-order valence-corrected chi connectivity index (χ1v) is 7.85. The first kappa shape index (κ1) is 20.3. The van der Waals surface area contributed by atoms with Crippen molar-refractivity contribution >= 4 is 29.9 Å². The van der Waals surface area contributed by atoms with Gasteiger partial charge in [0.25, 0.3) is 0 Å². The lowest BCUT2D eigenvalue weighted by molar-refractivity contribution is 0.616. The lowest BCUT2D eigenvalue weighted by Gasteiger charge is -2.11. The number of halogens is 2. The average Bonchev–Trinajstić information content (AvgIpc) is 2.56. The van der Waals surface area contributed by atoms with E-state index in [0.717, 1.165) is 31.0 Å². The Labute approximate surface area is 160 Å². The van der Waals surface area contributed by atoms with Gasteiger partial charge in [0.15, 0.2) is 5.96 Å². The molecule has 0 fully saturated rings. The van der Waals surface area contributed by atoms with Crippen LogP contribution in [0.25, 0.3) is 0 Å². The summed E-state index contributed by atoms with van der Waals surface area (Å²) in [6.45, 7) is 5.76. The zero-order chi connectivity index (χ0) is 16.5.